The third kappa shape index (κ3) is 3.76. The minimum absolute atomic E-state index is 0.135. The molecule has 1 aliphatic rings. The Morgan fingerprint density at radius 1 is 1.06 bits per heavy atom. The molecule has 1 N–H and O–H groups in total. The first-order valence-electron chi connectivity index (χ1n) is 10.0. The second-order valence-corrected chi connectivity index (χ2v) is 7.38. The summed E-state index contributed by atoms with van der Waals surface area (Å²) in [6, 6.07) is 17.5. The Bertz CT molecular complexity index is 1330. The highest BCUT2D eigenvalue weighted by Gasteiger charge is 2.20. The monoisotopic (exact) mass is 426 g/mol. The van der Waals surface area contributed by atoms with Gasteiger partial charge in [0, 0.05) is 29.7 Å². The number of aromatic nitrogens is 2. The van der Waals surface area contributed by atoms with E-state index in [0.29, 0.717) is 22.8 Å². The molecule has 0 atom stereocenters. The van der Waals surface area contributed by atoms with Crippen molar-refractivity contribution in [3.05, 3.63) is 90.8 Å². The molecule has 7 heteroatoms. The van der Waals surface area contributed by atoms with Crippen LogP contribution in [0.3, 0.4) is 0 Å². The number of hydrogen-bond acceptors (Lipinski definition) is 4. The van der Waals surface area contributed by atoms with Crippen LogP contribution in [0.2, 0.25) is 0 Å². The molecule has 158 valence electrons. The van der Waals surface area contributed by atoms with E-state index in [0.717, 1.165) is 22.4 Å². The van der Waals surface area contributed by atoms with Gasteiger partial charge < -0.3 is 14.6 Å². The predicted octanol–water partition coefficient (Wildman–Crippen LogP) is 5.15. The van der Waals surface area contributed by atoms with Gasteiger partial charge >= 0.3 is 0 Å². The van der Waals surface area contributed by atoms with Crippen molar-refractivity contribution >= 4 is 23.0 Å². The topological polar surface area (TPSA) is 68.5 Å². The zero-order valence-electron chi connectivity index (χ0n) is 17.2. The maximum atomic E-state index is 13.4. The standard InChI is InChI=1S/C25H19FN4O2/c1-32-24-13-23-22(12-20(24)16-5-7-18(26)8-6-16)29-25(31)14-21(28-23)17-3-2-4-19(11-17)30-10-9-27-15-30/h2-13,15H,14H2,1H3,(H,29,31). The van der Waals surface area contributed by atoms with Crippen molar-refractivity contribution < 1.29 is 13.9 Å². The van der Waals surface area contributed by atoms with Gasteiger partial charge in [-0.3, -0.25) is 4.79 Å². The lowest BCUT2D eigenvalue weighted by atomic mass is 10.0. The van der Waals surface area contributed by atoms with Gasteiger partial charge in [0.2, 0.25) is 5.91 Å². The maximum Gasteiger partial charge on any atom is 0.230 e. The maximum absolute atomic E-state index is 13.4. The third-order valence-electron chi connectivity index (χ3n) is 5.31. The molecule has 5 rings (SSSR count). The Hall–Kier alpha value is -4.26. The summed E-state index contributed by atoms with van der Waals surface area (Å²) in [6.07, 6.45) is 5.43. The van der Waals surface area contributed by atoms with Gasteiger partial charge in [0.05, 0.1) is 36.9 Å². The van der Waals surface area contributed by atoms with Crippen molar-refractivity contribution in [2.45, 2.75) is 6.42 Å². The molecule has 0 fully saturated rings. The number of ether oxygens (including phenoxy) is 1. The number of rotatable bonds is 4. The molecule has 0 unspecified atom stereocenters. The number of nitrogens with zero attached hydrogens (tertiary/aromatic N) is 3. The van der Waals surface area contributed by atoms with Crippen molar-refractivity contribution in [3.63, 3.8) is 0 Å². The summed E-state index contributed by atoms with van der Waals surface area (Å²) in [7, 11) is 1.57. The quantitative estimate of drug-likeness (QED) is 0.491. The summed E-state index contributed by atoms with van der Waals surface area (Å²) in [5.41, 5.74) is 5.13. The van der Waals surface area contributed by atoms with Crippen LogP contribution in [-0.2, 0) is 4.79 Å². The number of amides is 1. The number of nitrogens with one attached hydrogen (secondary N) is 1. The molecule has 0 spiro atoms. The number of hydrogen-bond donors (Lipinski definition) is 1. The van der Waals surface area contributed by atoms with E-state index < -0.39 is 0 Å². The van der Waals surface area contributed by atoms with Gasteiger partial charge in [0.15, 0.2) is 0 Å². The molecular formula is C25H19FN4O2. The minimum Gasteiger partial charge on any atom is -0.496 e. The van der Waals surface area contributed by atoms with Crippen LogP contribution in [0.25, 0.3) is 16.8 Å². The number of methoxy groups -OCH3 is 1. The smallest absolute Gasteiger partial charge is 0.230 e. The van der Waals surface area contributed by atoms with E-state index in [9.17, 15) is 9.18 Å². The average Bonchev–Trinajstić information content (AvgIpc) is 3.29. The Labute approximate surface area is 184 Å². The van der Waals surface area contributed by atoms with Gasteiger partial charge in [0.25, 0.3) is 0 Å². The SMILES string of the molecule is COc1cc2c(cc1-c1ccc(F)cc1)NC(=O)CC(c1cccc(-n3ccnc3)c1)=N2. The molecule has 0 aliphatic carbocycles. The van der Waals surface area contributed by atoms with Crippen LogP contribution in [0.4, 0.5) is 15.8 Å². The van der Waals surface area contributed by atoms with Crippen molar-refractivity contribution in [1.82, 2.24) is 9.55 Å². The number of halogens is 1. The van der Waals surface area contributed by atoms with E-state index in [-0.39, 0.29) is 18.1 Å². The third-order valence-corrected chi connectivity index (χ3v) is 5.31. The first kappa shape index (κ1) is 19.7. The summed E-state index contributed by atoms with van der Waals surface area (Å²) < 4.78 is 20.9. The number of benzene rings is 3. The number of carbonyl (C=O) groups is 1. The molecule has 6 nitrogen and oxygen atoms in total. The van der Waals surface area contributed by atoms with Crippen molar-refractivity contribution in [1.29, 1.82) is 0 Å². The highest BCUT2D eigenvalue weighted by Crippen LogP contribution is 2.40. The van der Waals surface area contributed by atoms with E-state index in [1.54, 1.807) is 37.8 Å². The second kappa shape index (κ2) is 8.11. The van der Waals surface area contributed by atoms with E-state index in [1.807, 2.05) is 41.1 Å². The van der Waals surface area contributed by atoms with E-state index in [2.05, 4.69) is 10.3 Å². The Morgan fingerprint density at radius 2 is 1.91 bits per heavy atom. The Kier molecular flexibility index (Phi) is 4.99. The first-order chi connectivity index (χ1) is 15.6. The number of fused-ring (bicyclic) bond motifs is 1. The molecule has 4 aromatic rings. The molecule has 0 saturated heterocycles. The molecule has 0 radical (unpaired) electrons. The highest BCUT2D eigenvalue weighted by molar-refractivity contribution is 6.17. The van der Waals surface area contributed by atoms with Gasteiger partial charge in [-0.15, -0.1) is 0 Å². The van der Waals surface area contributed by atoms with Gasteiger partial charge in [-0.25, -0.2) is 14.4 Å². The van der Waals surface area contributed by atoms with Gasteiger partial charge in [-0.2, -0.15) is 0 Å². The fourth-order valence-electron chi connectivity index (χ4n) is 3.74. The largest absolute Gasteiger partial charge is 0.496 e. The van der Waals surface area contributed by atoms with Crippen molar-refractivity contribution in [3.8, 4) is 22.6 Å². The Morgan fingerprint density at radius 3 is 2.66 bits per heavy atom. The van der Waals surface area contributed by atoms with Crippen LogP contribution >= 0.6 is 0 Å². The van der Waals surface area contributed by atoms with E-state index in [1.165, 1.54) is 12.1 Å². The average molecular weight is 426 g/mol. The second-order valence-electron chi connectivity index (χ2n) is 7.38. The highest BCUT2D eigenvalue weighted by atomic mass is 19.1. The molecule has 1 amide bonds. The van der Waals surface area contributed by atoms with Gasteiger partial charge in [-0.1, -0.05) is 24.3 Å². The van der Waals surface area contributed by atoms with Crippen LogP contribution in [0, 0.1) is 5.82 Å². The van der Waals surface area contributed by atoms with Crippen LogP contribution in [-0.4, -0.2) is 28.3 Å². The molecule has 1 aliphatic heterocycles. The zero-order chi connectivity index (χ0) is 22.1. The lowest BCUT2D eigenvalue weighted by Gasteiger charge is -2.13. The van der Waals surface area contributed by atoms with Crippen LogP contribution in [0.1, 0.15) is 12.0 Å². The lowest BCUT2D eigenvalue weighted by Crippen LogP contribution is -2.15. The van der Waals surface area contributed by atoms with Crippen LogP contribution in [0.5, 0.6) is 5.75 Å². The van der Waals surface area contributed by atoms with Crippen molar-refractivity contribution in [2.75, 3.05) is 12.4 Å². The van der Waals surface area contributed by atoms with Gasteiger partial charge in [-0.05, 0) is 41.5 Å². The molecule has 1 aromatic heterocycles. The fourth-order valence-corrected chi connectivity index (χ4v) is 3.74. The predicted molar refractivity (Wildman–Crippen MR) is 121 cm³/mol. The van der Waals surface area contributed by atoms with Gasteiger partial charge in [0.1, 0.15) is 11.6 Å². The number of imidazole rings is 1. The first-order valence-corrected chi connectivity index (χ1v) is 10.0. The Balaban J connectivity index is 1.60. The normalized spacial score (nSPS) is 13.1. The molecule has 3 aromatic carbocycles. The minimum atomic E-state index is -0.317. The molecule has 2 heterocycles. The molecule has 32 heavy (non-hydrogen) atoms. The lowest BCUT2D eigenvalue weighted by molar-refractivity contribution is -0.115. The molecular weight excluding hydrogens is 407 g/mol. The summed E-state index contributed by atoms with van der Waals surface area (Å²) >= 11 is 0. The summed E-state index contributed by atoms with van der Waals surface area (Å²) in [6.45, 7) is 0. The van der Waals surface area contributed by atoms with Crippen LogP contribution < -0.4 is 10.1 Å². The fraction of sp³-hybridized carbons (Fsp3) is 0.0800. The van der Waals surface area contributed by atoms with Crippen LogP contribution in [0.15, 0.2) is 84.4 Å². The summed E-state index contributed by atoms with van der Waals surface area (Å²) in [5.74, 6) is 0.107. The number of carbonyl (C=O) groups excluding carboxylic acids is 1. The molecule has 0 saturated carbocycles. The van der Waals surface area contributed by atoms with Crippen molar-refractivity contribution in [2.24, 2.45) is 4.99 Å². The molecule has 0 bridgehead atoms. The summed E-state index contributed by atoms with van der Waals surface area (Å²) in [4.78, 5) is 21.6. The van der Waals surface area contributed by atoms with E-state index >= 15 is 0 Å². The van der Waals surface area contributed by atoms with E-state index in [4.69, 9.17) is 9.73 Å². The number of aliphatic imine (C=N–C) groups is 1. The summed E-state index contributed by atoms with van der Waals surface area (Å²) in [5, 5.41) is 2.94. The number of anilines is 1. The zero-order valence-corrected chi connectivity index (χ0v) is 17.2.